The number of imidazole rings is 1. The molecule has 3 N–H and O–H groups in total. The first-order valence-electron chi connectivity index (χ1n) is 14.1. The van der Waals surface area contributed by atoms with Crippen LogP contribution in [-0.4, -0.2) is 61.6 Å². The van der Waals surface area contributed by atoms with Gasteiger partial charge in [0.05, 0.1) is 23.7 Å². The molecule has 9 nitrogen and oxygen atoms in total. The highest BCUT2D eigenvalue weighted by Gasteiger charge is 2.36. The van der Waals surface area contributed by atoms with Crippen LogP contribution in [-0.2, 0) is 12.6 Å². The predicted octanol–water partition coefficient (Wildman–Crippen LogP) is 6.08. The molecular weight excluding hydrogens is 533 g/mol. The lowest BCUT2D eigenvalue weighted by atomic mass is 10.0. The van der Waals surface area contributed by atoms with Gasteiger partial charge in [0.15, 0.2) is 11.5 Å². The molecule has 220 valence electrons. The number of H-pyrrole nitrogens is 1. The molecule has 0 saturated carbocycles. The van der Waals surface area contributed by atoms with E-state index in [0.717, 1.165) is 18.2 Å². The summed E-state index contributed by atoms with van der Waals surface area (Å²) in [6.07, 6.45) is 6.58. The zero-order valence-electron chi connectivity index (χ0n) is 23.7. The lowest BCUT2D eigenvalue weighted by Gasteiger charge is -2.12. The van der Waals surface area contributed by atoms with Crippen molar-refractivity contribution in [2.75, 3.05) is 31.5 Å². The van der Waals surface area contributed by atoms with Gasteiger partial charge in [0.1, 0.15) is 5.69 Å². The van der Waals surface area contributed by atoms with Gasteiger partial charge in [-0.2, -0.15) is 18.3 Å². The Balaban J connectivity index is 0.000000417. The number of hydrogen-bond donors (Lipinski definition) is 3. The van der Waals surface area contributed by atoms with Gasteiger partial charge in [0.25, 0.3) is 5.91 Å². The van der Waals surface area contributed by atoms with E-state index in [4.69, 9.17) is 0 Å². The first kappa shape index (κ1) is 30.0. The maximum absolute atomic E-state index is 13.3. The molecule has 1 amide bonds. The van der Waals surface area contributed by atoms with E-state index in [9.17, 15) is 18.0 Å². The average Bonchev–Trinajstić information content (AvgIpc) is 3.73. The standard InChI is InChI=1S/C22H22F3N7O.C7H15N/c1-3-7-27-21(33)15-6-5-14(10-13(15)4-2)30-19-20-28-12-17(32(20)9-8-26-19)16-11-29-31-18(16)22(23,24)25;1-2-5-8-6-3-4-7-8/h5-6,8-12H,3-4,7H2,1-2H3,(H,26,30)(H,27,33)(H,29,31);2-7H2,1H3. The molecule has 1 aliphatic heterocycles. The van der Waals surface area contributed by atoms with E-state index in [2.05, 4.69) is 37.5 Å². The molecule has 0 aliphatic carbocycles. The van der Waals surface area contributed by atoms with E-state index in [1.54, 1.807) is 12.1 Å². The molecule has 4 heterocycles. The number of carbonyl (C=O) groups excluding carboxylic acids is 1. The third-order valence-electron chi connectivity index (χ3n) is 6.89. The number of carbonyl (C=O) groups is 1. The van der Waals surface area contributed by atoms with Crippen LogP contribution in [0.3, 0.4) is 0 Å². The van der Waals surface area contributed by atoms with E-state index in [0.29, 0.717) is 35.7 Å². The number of likely N-dealkylation sites (tertiary alicyclic amines) is 1. The Hall–Kier alpha value is -3.93. The van der Waals surface area contributed by atoms with E-state index >= 15 is 0 Å². The Bertz CT molecular complexity index is 1440. The Labute approximate surface area is 237 Å². The van der Waals surface area contributed by atoms with Crippen molar-refractivity contribution in [1.29, 1.82) is 0 Å². The summed E-state index contributed by atoms with van der Waals surface area (Å²) >= 11 is 0. The average molecular weight is 571 g/mol. The van der Waals surface area contributed by atoms with Gasteiger partial charge in [-0.25, -0.2) is 9.97 Å². The van der Waals surface area contributed by atoms with E-state index in [-0.39, 0.29) is 17.2 Å². The van der Waals surface area contributed by atoms with Gasteiger partial charge in [-0.1, -0.05) is 20.8 Å². The van der Waals surface area contributed by atoms with Crippen molar-refractivity contribution < 1.29 is 18.0 Å². The lowest BCUT2D eigenvalue weighted by molar-refractivity contribution is -0.140. The summed E-state index contributed by atoms with van der Waals surface area (Å²) in [5.41, 5.74) is 1.67. The maximum atomic E-state index is 13.3. The summed E-state index contributed by atoms with van der Waals surface area (Å²) < 4.78 is 41.5. The van der Waals surface area contributed by atoms with Gasteiger partial charge in [-0.05, 0) is 75.5 Å². The maximum Gasteiger partial charge on any atom is 0.433 e. The number of benzene rings is 1. The van der Waals surface area contributed by atoms with Gasteiger partial charge in [0.2, 0.25) is 0 Å². The summed E-state index contributed by atoms with van der Waals surface area (Å²) in [4.78, 5) is 23.5. The normalized spacial score (nSPS) is 13.7. The summed E-state index contributed by atoms with van der Waals surface area (Å²) in [6.45, 7) is 10.8. The molecule has 1 aromatic carbocycles. The number of amides is 1. The Kier molecular flexibility index (Phi) is 9.98. The Morgan fingerprint density at radius 2 is 1.85 bits per heavy atom. The number of rotatable bonds is 9. The highest BCUT2D eigenvalue weighted by molar-refractivity contribution is 5.96. The van der Waals surface area contributed by atoms with Gasteiger partial charge in [-0.15, -0.1) is 0 Å². The number of aryl methyl sites for hydroxylation is 1. The number of aromatic nitrogens is 5. The van der Waals surface area contributed by atoms with Crippen molar-refractivity contribution in [3.63, 3.8) is 0 Å². The number of aromatic amines is 1. The molecule has 1 saturated heterocycles. The molecule has 1 fully saturated rings. The molecule has 41 heavy (non-hydrogen) atoms. The minimum absolute atomic E-state index is 0.108. The molecule has 4 aromatic rings. The molecule has 0 unspecified atom stereocenters. The fourth-order valence-electron chi connectivity index (χ4n) is 4.88. The van der Waals surface area contributed by atoms with Crippen molar-refractivity contribution in [2.24, 2.45) is 0 Å². The van der Waals surface area contributed by atoms with Gasteiger partial charge in [0, 0.05) is 30.2 Å². The van der Waals surface area contributed by atoms with Crippen LogP contribution in [0.1, 0.15) is 68.1 Å². The third-order valence-corrected chi connectivity index (χ3v) is 6.89. The zero-order valence-corrected chi connectivity index (χ0v) is 23.7. The molecule has 0 radical (unpaired) electrons. The molecule has 0 bridgehead atoms. The first-order valence-corrected chi connectivity index (χ1v) is 14.1. The van der Waals surface area contributed by atoms with Crippen LogP contribution < -0.4 is 10.6 Å². The Morgan fingerprint density at radius 1 is 1.07 bits per heavy atom. The molecule has 0 spiro atoms. The van der Waals surface area contributed by atoms with Crippen LogP contribution >= 0.6 is 0 Å². The summed E-state index contributed by atoms with van der Waals surface area (Å²) in [6, 6.07) is 5.35. The van der Waals surface area contributed by atoms with Crippen LogP contribution in [0, 0.1) is 0 Å². The quantitative estimate of drug-likeness (QED) is 0.226. The summed E-state index contributed by atoms with van der Waals surface area (Å²) in [5, 5.41) is 11.6. The fourth-order valence-corrected chi connectivity index (χ4v) is 4.88. The van der Waals surface area contributed by atoms with E-state index in [1.165, 1.54) is 61.9 Å². The predicted molar refractivity (Wildman–Crippen MR) is 153 cm³/mol. The second kappa shape index (κ2) is 13.6. The zero-order chi connectivity index (χ0) is 29.4. The molecule has 0 atom stereocenters. The van der Waals surface area contributed by atoms with Gasteiger partial charge < -0.3 is 15.5 Å². The molecular formula is C29H37F3N8O. The molecule has 1 aliphatic rings. The van der Waals surface area contributed by atoms with Crippen molar-refractivity contribution >= 4 is 23.1 Å². The topological polar surface area (TPSA) is 103 Å². The smallest absolute Gasteiger partial charge is 0.352 e. The highest BCUT2D eigenvalue weighted by atomic mass is 19.4. The molecule has 3 aromatic heterocycles. The van der Waals surface area contributed by atoms with Crippen molar-refractivity contribution in [1.82, 2.24) is 34.8 Å². The number of nitrogens with one attached hydrogen (secondary N) is 3. The number of halogens is 3. The summed E-state index contributed by atoms with van der Waals surface area (Å²) in [7, 11) is 0. The number of nitrogens with zero attached hydrogens (tertiary/aromatic N) is 5. The van der Waals surface area contributed by atoms with Crippen LogP contribution in [0.15, 0.2) is 43.0 Å². The summed E-state index contributed by atoms with van der Waals surface area (Å²) in [5.74, 6) is 0.241. The molecule has 12 heteroatoms. The number of fused-ring (bicyclic) bond motifs is 1. The first-order chi connectivity index (χ1) is 19.8. The Morgan fingerprint density at radius 3 is 2.54 bits per heavy atom. The minimum atomic E-state index is -4.58. The number of anilines is 2. The molecule has 5 rings (SSSR count). The van der Waals surface area contributed by atoms with Crippen molar-refractivity contribution in [3.8, 4) is 11.3 Å². The second-order valence-corrected chi connectivity index (χ2v) is 9.92. The van der Waals surface area contributed by atoms with Crippen LogP contribution in [0.2, 0.25) is 0 Å². The van der Waals surface area contributed by atoms with E-state index in [1.807, 2.05) is 25.0 Å². The van der Waals surface area contributed by atoms with Gasteiger partial charge >= 0.3 is 6.18 Å². The highest BCUT2D eigenvalue weighted by Crippen LogP contribution is 2.36. The number of hydrogen-bond acceptors (Lipinski definition) is 6. The minimum Gasteiger partial charge on any atom is -0.352 e. The van der Waals surface area contributed by atoms with Crippen molar-refractivity contribution in [2.45, 2.75) is 59.1 Å². The van der Waals surface area contributed by atoms with Crippen molar-refractivity contribution in [3.05, 3.63) is 59.8 Å². The third kappa shape index (κ3) is 7.24. The second-order valence-electron chi connectivity index (χ2n) is 9.92. The lowest BCUT2D eigenvalue weighted by Crippen LogP contribution is -2.25. The van der Waals surface area contributed by atoms with Crippen LogP contribution in [0.5, 0.6) is 0 Å². The van der Waals surface area contributed by atoms with Crippen LogP contribution in [0.4, 0.5) is 24.7 Å². The SMILES string of the molecule is CCCN1CCCC1.CCCNC(=O)c1ccc(Nc2nccn3c(-c4cn[nH]c4C(F)(F)F)cnc23)cc1CC. The number of alkyl halides is 3. The monoisotopic (exact) mass is 570 g/mol. The largest absolute Gasteiger partial charge is 0.433 e. The van der Waals surface area contributed by atoms with Crippen LogP contribution in [0.25, 0.3) is 16.9 Å². The van der Waals surface area contributed by atoms with Gasteiger partial charge in [-0.3, -0.25) is 14.3 Å². The van der Waals surface area contributed by atoms with E-state index < -0.39 is 11.9 Å². The fraction of sp³-hybridized carbons (Fsp3) is 0.448.